The maximum atomic E-state index is 9.94. The summed E-state index contributed by atoms with van der Waals surface area (Å²) in [4.78, 5) is 0. The van der Waals surface area contributed by atoms with Gasteiger partial charge in [0.15, 0.2) is 0 Å². The van der Waals surface area contributed by atoms with Gasteiger partial charge in [-0.1, -0.05) is 33.1 Å². The smallest absolute Gasteiger partial charge is 0.0650 e. The second-order valence-corrected chi connectivity index (χ2v) is 6.07. The second kappa shape index (κ2) is 6.37. The standard InChI is InChI=1S/C15H26N2O/c1-12(2)10-15(18)11-13-8-9-17(16-13)14-6-4-3-5-7-14/h8-9,12,14-15,18H,3-7,10-11H2,1-2H3. The van der Waals surface area contributed by atoms with E-state index in [9.17, 15) is 5.11 Å². The first-order chi connectivity index (χ1) is 8.65. The minimum Gasteiger partial charge on any atom is -0.393 e. The Kier molecular flexibility index (Phi) is 4.81. The molecule has 18 heavy (non-hydrogen) atoms. The van der Waals surface area contributed by atoms with Gasteiger partial charge in [0, 0.05) is 12.6 Å². The van der Waals surface area contributed by atoms with Crippen LogP contribution in [0.15, 0.2) is 12.3 Å². The SMILES string of the molecule is CC(C)CC(O)Cc1ccn(C2CCCCC2)n1. The van der Waals surface area contributed by atoms with Crippen molar-refractivity contribution in [2.75, 3.05) is 0 Å². The molecule has 3 heteroatoms. The summed E-state index contributed by atoms with van der Waals surface area (Å²) < 4.78 is 2.12. The van der Waals surface area contributed by atoms with Crippen molar-refractivity contribution in [1.29, 1.82) is 0 Å². The van der Waals surface area contributed by atoms with E-state index < -0.39 is 0 Å². The van der Waals surface area contributed by atoms with Gasteiger partial charge in [0.05, 0.1) is 17.8 Å². The van der Waals surface area contributed by atoms with Crippen LogP contribution in [0.25, 0.3) is 0 Å². The van der Waals surface area contributed by atoms with Gasteiger partial charge in [0.2, 0.25) is 0 Å². The van der Waals surface area contributed by atoms with Crippen LogP contribution in [0.5, 0.6) is 0 Å². The van der Waals surface area contributed by atoms with Crippen LogP contribution in [-0.2, 0) is 6.42 Å². The van der Waals surface area contributed by atoms with Crippen molar-refractivity contribution in [3.63, 3.8) is 0 Å². The molecule has 1 atom stereocenters. The van der Waals surface area contributed by atoms with Gasteiger partial charge in [-0.3, -0.25) is 4.68 Å². The Bertz CT molecular complexity index is 353. The molecule has 0 aliphatic heterocycles. The highest BCUT2D eigenvalue weighted by molar-refractivity contribution is 5.01. The highest BCUT2D eigenvalue weighted by Gasteiger charge is 2.17. The van der Waals surface area contributed by atoms with Gasteiger partial charge < -0.3 is 5.11 Å². The predicted molar refractivity (Wildman–Crippen MR) is 73.5 cm³/mol. The van der Waals surface area contributed by atoms with Crippen molar-refractivity contribution in [2.24, 2.45) is 5.92 Å². The summed E-state index contributed by atoms with van der Waals surface area (Å²) in [5, 5.41) is 14.6. The first-order valence-electron chi connectivity index (χ1n) is 7.37. The molecule has 0 bridgehead atoms. The lowest BCUT2D eigenvalue weighted by atomic mass is 9.96. The molecule has 1 fully saturated rings. The van der Waals surface area contributed by atoms with Crippen LogP contribution in [0.4, 0.5) is 0 Å². The summed E-state index contributed by atoms with van der Waals surface area (Å²) in [5.74, 6) is 0.542. The number of rotatable bonds is 5. The van der Waals surface area contributed by atoms with Crippen LogP contribution in [0, 0.1) is 5.92 Å². The Morgan fingerprint density at radius 2 is 2.06 bits per heavy atom. The molecule has 1 aromatic rings. The fraction of sp³-hybridized carbons (Fsp3) is 0.800. The molecular weight excluding hydrogens is 224 g/mol. The Morgan fingerprint density at radius 3 is 2.72 bits per heavy atom. The zero-order valence-corrected chi connectivity index (χ0v) is 11.7. The average molecular weight is 250 g/mol. The summed E-state index contributed by atoms with van der Waals surface area (Å²) in [5.41, 5.74) is 1.04. The van der Waals surface area contributed by atoms with Crippen LogP contribution in [0.2, 0.25) is 0 Å². The average Bonchev–Trinajstić information content (AvgIpc) is 2.77. The molecule has 3 nitrogen and oxygen atoms in total. The molecule has 1 saturated carbocycles. The van der Waals surface area contributed by atoms with Gasteiger partial charge in [-0.2, -0.15) is 5.10 Å². The van der Waals surface area contributed by atoms with E-state index in [-0.39, 0.29) is 6.10 Å². The summed E-state index contributed by atoms with van der Waals surface area (Å²) in [6.07, 6.45) is 9.94. The highest BCUT2D eigenvalue weighted by Crippen LogP contribution is 2.27. The van der Waals surface area contributed by atoms with Gasteiger partial charge in [-0.05, 0) is 31.2 Å². The molecule has 1 N–H and O–H groups in total. The lowest BCUT2D eigenvalue weighted by Gasteiger charge is -2.21. The quantitative estimate of drug-likeness (QED) is 0.870. The number of aliphatic hydroxyl groups is 1. The zero-order valence-electron chi connectivity index (χ0n) is 11.7. The molecule has 0 spiro atoms. The number of hydrogen-bond acceptors (Lipinski definition) is 2. The summed E-state index contributed by atoms with van der Waals surface area (Å²) in [6, 6.07) is 2.66. The van der Waals surface area contributed by atoms with E-state index >= 15 is 0 Å². The van der Waals surface area contributed by atoms with E-state index in [4.69, 9.17) is 0 Å². The van der Waals surface area contributed by atoms with Crippen LogP contribution in [0.3, 0.4) is 0 Å². The molecule has 102 valence electrons. The molecular formula is C15H26N2O. The summed E-state index contributed by atoms with van der Waals surface area (Å²) in [7, 11) is 0. The van der Waals surface area contributed by atoms with Crippen molar-refractivity contribution in [2.45, 2.75) is 70.9 Å². The zero-order chi connectivity index (χ0) is 13.0. The second-order valence-electron chi connectivity index (χ2n) is 6.07. The molecule has 1 heterocycles. The Hall–Kier alpha value is -0.830. The lowest BCUT2D eigenvalue weighted by molar-refractivity contribution is 0.147. The third-order valence-electron chi connectivity index (χ3n) is 3.80. The number of aromatic nitrogens is 2. The molecule has 0 aromatic carbocycles. The minimum atomic E-state index is -0.250. The van der Waals surface area contributed by atoms with Gasteiger partial charge in [0.1, 0.15) is 0 Å². The molecule has 0 radical (unpaired) electrons. The molecule has 0 amide bonds. The maximum Gasteiger partial charge on any atom is 0.0650 e. The van der Waals surface area contributed by atoms with Crippen molar-refractivity contribution in [1.82, 2.24) is 9.78 Å². The molecule has 1 aliphatic rings. The van der Waals surface area contributed by atoms with Crippen LogP contribution >= 0.6 is 0 Å². The van der Waals surface area contributed by atoms with E-state index in [0.717, 1.165) is 12.1 Å². The Morgan fingerprint density at radius 1 is 1.33 bits per heavy atom. The molecule has 1 aliphatic carbocycles. The monoisotopic (exact) mass is 250 g/mol. The van der Waals surface area contributed by atoms with E-state index in [1.807, 2.05) is 0 Å². The van der Waals surface area contributed by atoms with Crippen molar-refractivity contribution in [3.05, 3.63) is 18.0 Å². The van der Waals surface area contributed by atoms with E-state index in [1.165, 1.54) is 32.1 Å². The lowest BCUT2D eigenvalue weighted by Crippen LogP contribution is -2.16. The van der Waals surface area contributed by atoms with Gasteiger partial charge in [0.25, 0.3) is 0 Å². The third kappa shape index (κ3) is 3.84. The third-order valence-corrected chi connectivity index (χ3v) is 3.80. The molecule has 0 saturated heterocycles. The topological polar surface area (TPSA) is 38.0 Å². The number of aliphatic hydroxyl groups excluding tert-OH is 1. The fourth-order valence-corrected chi connectivity index (χ4v) is 2.90. The van der Waals surface area contributed by atoms with Crippen LogP contribution in [-0.4, -0.2) is 21.0 Å². The first-order valence-corrected chi connectivity index (χ1v) is 7.37. The largest absolute Gasteiger partial charge is 0.393 e. The van der Waals surface area contributed by atoms with Crippen molar-refractivity contribution < 1.29 is 5.11 Å². The van der Waals surface area contributed by atoms with Crippen LogP contribution < -0.4 is 0 Å². The predicted octanol–water partition coefficient (Wildman–Crippen LogP) is 3.34. The first kappa shape index (κ1) is 13.6. The summed E-state index contributed by atoms with van der Waals surface area (Å²) in [6.45, 7) is 4.29. The molecule has 1 unspecified atom stereocenters. The molecule has 1 aromatic heterocycles. The summed E-state index contributed by atoms with van der Waals surface area (Å²) >= 11 is 0. The van der Waals surface area contributed by atoms with E-state index in [0.29, 0.717) is 18.4 Å². The number of nitrogens with zero attached hydrogens (tertiary/aromatic N) is 2. The maximum absolute atomic E-state index is 9.94. The number of hydrogen-bond donors (Lipinski definition) is 1. The minimum absolute atomic E-state index is 0.250. The fourth-order valence-electron chi connectivity index (χ4n) is 2.90. The van der Waals surface area contributed by atoms with E-state index in [2.05, 4.69) is 35.9 Å². The van der Waals surface area contributed by atoms with Crippen molar-refractivity contribution in [3.8, 4) is 0 Å². The molecule has 2 rings (SSSR count). The van der Waals surface area contributed by atoms with Gasteiger partial charge in [-0.25, -0.2) is 0 Å². The van der Waals surface area contributed by atoms with Gasteiger partial charge in [-0.15, -0.1) is 0 Å². The Balaban J connectivity index is 1.89. The van der Waals surface area contributed by atoms with E-state index in [1.54, 1.807) is 0 Å². The normalized spacial score (nSPS) is 19.3. The Labute approximate surface area is 110 Å². The van der Waals surface area contributed by atoms with Gasteiger partial charge >= 0.3 is 0 Å². The highest BCUT2D eigenvalue weighted by atomic mass is 16.3. The van der Waals surface area contributed by atoms with Crippen molar-refractivity contribution >= 4 is 0 Å². The van der Waals surface area contributed by atoms with Crippen LogP contribution in [0.1, 0.15) is 64.1 Å².